The second-order valence-corrected chi connectivity index (χ2v) is 15.0. The summed E-state index contributed by atoms with van der Waals surface area (Å²) in [5, 5.41) is 4.09. The average molecular weight is 560 g/mol. The van der Waals surface area contributed by atoms with Crippen LogP contribution in [-0.2, 0) is 0 Å². The predicted octanol–water partition coefficient (Wildman–Crippen LogP) is 10.6. The van der Waals surface area contributed by atoms with Crippen LogP contribution in [0.15, 0.2) is 94.3 Å². The van der Waals surface area contributed by atoms with Crippen molar-refractivity contribution >= 4 is 0 Å². The molecule has 8 atom stereocenters. The minimum Gasteiger partial charge on any atom is -0.385 e. The van der Waals surface area contributed by atoms with E-state index in [1.165, 1.54) is 109 Å². The van der Waals surface area contributed by atoms with Gasteiger partial charge in [0.25, 0.3) is 0 Å². The zero-order valence-corrected chi connectivity index (χ0v) is 25.9. The van der Waals surface area contributed by atoms with Crippen LogP contribution in [0.1, 0.15) is 109 Å². The number of fused-ring (bicyclic) bond motifs is 2. The molecule has 1 nitrogen and oxygen atoms in total. The summed E-state index contributed by atoms with van der Waals surface area (Å²) in [6.45, 7) is 0. The number of nitrogens with one attached hydrogen (secondary N) is 1. The lowest BCUT2D eigenvalue weighted by atomic mass is 9.53. The quantitative estimate of drug-likeness (QED) is 0.338. The SMILES string of the molecule is C1=CC2=C(CC1)CCC(C1C3CCC=CC3=C(C3=CCC(C4CCC=C(C5CC=CCC5)N4)CC3)C3C=CCCC31)C2. The molecule has 1 aliphatic heterocycles. The molecule has 1 heterocycles. The molecule has 0 saturated carbocycles. The van der Waals surface area contributed by atoms with Crippen LogP contribution < -0.4 is 5.32 Å². The lowest BCUT2D eigenvalue weighted by Gasteiger charge is -2.51. The molecule has 42 heavy (non-hydrogen) atoms. The zero-order chi connectivity index (χ0) is 27.9. The van der Waals surface area contributed by atoms with Gasteiger partial charge in [0.05, 0.1) is 0 Å². The first-order valence-electron chi connectivity index (χ1n) is 18.1. The molecule has 0 amide bonds. The van der Waals surface area contributed by atoms with Gasteiger partial charge in [-0.1, -0.05) is 66.3 Å². The lowest BCUT2D eigenvalue weighted by Crippen LogP contribution is -2.43. The van der Waals surface area contributed by atoms with Gasteiger partial charge in [0.1, 0.15) is 0 Å². The van der Waals surface area contributed by atoms with Crippen LogP contribution in [0.25, 0.3) is 0 Å². The fraction of sp³-hybridized carbons (Fsp3) is 0.610. The third-order valence-electron chi connectivity index (χ3n) is 12.9. The maximum absolute atomic E-state index is 4.09. The molecule has 7 aliphatic carbocycles. The van der Waals surface area contributed by atoms with Gasteiger partial charge < -0.3 is 5.32 Å². The molecule has 0 bridgehead atoms. The second kappa shape index (κ2) is 12.0. The van der Waals surface area contributed by atoms with Gasteiger partial charge in [0.15, 0.2) is 0 Å². The maximum Gasteiger partial charge on any atom is 0.0292 e. The summed E-state index contributed by atoms with van der Waals surface area (Å²) in [6, 6.07) is 0.672. The highest BCUT2D eigenvalue weighted by atomic mass is 15.0. The highest BCUT2D eigenvalue weighted by molar-refractivity contribution is 5.49. The Kier molecular flexibility index (Phi) is 7.80. The van der Waals surface area contributed by atoms with Gasteiger partial charge in [-0.15, -0.1) is 0 Å². The van der Waals surface area contributed by atoms with E-state index in [4.69, 9.17) is 0 Å². The van der Waals surface area contributed by atoms with Gasteiger partial charge in [0.2, 0.25) is 0 Å². The summed E-state index contributed by atoms with van der Waals surface area (Å²) in [4.78, 5) is 0. The lowest BCUT2D eigenvalue weighted by molar-refractivity contribution is 0.0983. The maximum atomic E-state index is 4.09. The fourth-order valence-corrected chi connectivity index (χ4v) is 10.9. The smallest absolute Gasteiger partial charge is 0.0292 e. The van der Waals surface area contributed by atoms with E-state index in [0.29, 0.717) is 12.0 Å². The number of rotatable bonds is 4. The highest BCUT2D eigenvalue weighted by Gasteiger charge is 2.47. The molecule has 0 aromatic carbocycles. The van der Waals surface area contributed by atoms with E-state index < -0.39 is 0 Å². The van der Waals surface area contributed by atoms with Crippen LogP contribution in [0.4, 0.5) is 0 Å². The van der Waals surface area contributed by atoms with Gasteiger partial charge in [-0.3, -0.25) is 0 Å². The van der Waals surface area contributed by atoms with Crippen LogP contribution in [0.5, 0.6) is 0 Å². The van der Waals surface area contributed by atoms with Crippen LogP contribution in [-0.4, -0.2) is 6.04 Å². The zero-order valence-electron chi connectivity index (χ0n) is 25.9. The average Bonchev–Trinajstić information content (AvgIpc) is 3.07. The van der Waals surface area contributed by atoms with Crippen LogP contribution >= 0.6 is 0 Å². The molecule has 222 valence electrons. The van der Waals surface area contributed by atoms with E-state index >= 15 is 0 Å². The van der Waals surface area contributed by atoms with Crippen molar-refractivity contribution in [1.29, 1.82) is 0 Å². The third-order valence-corrected chi connectivity index (χ3v) is 12.9. The second-order valence-electron chi connectivity index (χ2n) is 15.0. The predicted molar refractivity (Wildman–Crippen MR) is 177 cm³/mol. The summed E-state index contributed by atoms with van der Waals surface area (Å²) in [5.41, 5.74) is 10.4. The molecule has 0 radical (unpaired) electrons. The first-order chi connectivity index (χ1) is 20.8. The summed E-state index contributed by atoms with van der Waals surface area (Å²) in [5.74, 6) is 5.57. The van der Waals surface area contributed by atoms with E-state index in [2.05, 4.69) is 66.1 Å². The van der Waals surface area contributed by atoms with Crippen LogP contribution in [0.3, 0.4) is 0 Å². The fourth-order valence-electron chi connectivity index (χ4n) is 10.9. The summed E-state index contributed by atoms with van der Waals surface area (Å²) in [7, 11) is 0. The van der Waals surface area contributed by atoms with Gasteiger partial charge in [-0.05, 0) is 161 Å². The normalized spacial score (nSPS) is 39.6. The molecule has 0 aromatic rings. The topological polar surface area (TPSA) is 12.0 Å². The van der Waals surface area contributed by atoms with E-state index in [1.54, 1.807) is 33.6 Å². The van der Waals surface area contributed by atoms with Crippen molar-refractivity contribution < 1.29 is 0 Å². The minimum atomic E-state index is 0.652. The molecule has 1 heteroatoms. The Labute approximate surface area is 255 Å². The number of allylic oxidation sites excluding steroid dienone is 16. The van der Waals surface area contributed by atoms with Crippen molar-refractivity contribution in [2.45, 2.75) is 115 Å². The van der Waals surface area contributed by atoms with Gasteiger partial charge >= 0.3 is 0 Å². The standard InChI is InChI=1S/C41H53N/c1-2-12-29(13-3-1)38-19-10-20-39(42-38)30-22-24-31(25-23-30)40-34-15-6-8-17-36(34)41(37-18-9-7-16-35(37)40)33-26-21-28-11-4-5-14-32(28)27-33/h1-2,5-7,14-16,19,24,29-30,33-34,36-37,39,41-42H,3-4,8-13,17-18,20-23,25-27H2. The Balaban J connectivity index is 1.05. The first-order valence-corrected chi connectivity index (χ1v) is 18.1. The van der Waals surface area contributed by atoms with Gasteiger partial charge in [-0.25, -0.2) is 0 Å². The van der Waals surface area contributed by atoms with E-state index in [-0.39, 0.29) is 0 Å². The Morgan fingerprint density at radius 3 is 2.48 bits per heavy atom. The Morgan fingerprint density at radius 2 is 1.57 bits per heavy atom. The van der Waals surface area contributed by atoms with Crippen molar-refractivity contribution in [3.63, 3.8) is 0 Å². The number of hydrogen-bond acceptors (Lipinski definition) is 1. The molecule has 8 unspecified atom stereocenters. The molecule has 1 N–H and O–H groups in total. The van der Waals surface area contributed by atoms with Gasteiger partial charge in [0, 0.05) is 23.6 Å². The molecule has 0 aromatic heterocycles. The molecule has 0 saturated heterocycles. The van der Waals surface area contributed by atoms with Crippen molar-refractivity contribution in [2.24, 2.45) is 41.4 Å². The van der Waals surface area contributed by atoms with Crippen LogP contribution in [0, 0.1) is 41.4 Å². The monoisotopic (exact) mass is 559 g/mol. The summed E-state index contributed by atoms with van der Waals surface area (Å²) < 4.78 is 0. The molecule has 0 fully saturated rings. The summed E-state index contributed by atoms with van der Waals surface area (Å²) in [6.07, 6.45) is 47.9. The van der Waals surface area contributed by atoms with E-state index in [1.807, 2.05) is 0 Å². The largest absolute Gasteiger partial charge is 0.385 e. The van der Waals surface area contributed by atoms with E-state index in [9.17, 15) is 0 Å². The molecular formula is C41H53N. The van der Waals surface area contributed by atoms with Crippen molar-refractivity contribution in [1.82, 2.24) is 5.32 Å². The first kappa shape index (κ1) is 27.3. The Morgan fingerprint density at radius 1 is 0.667 bits per heavy atom. The number of hydrogen-bond donors (Lipinski definition) is 1. The third kappa shape index (κ3) is 5.11. The molecular weight excluding hydrogens is 506 g/mol. The Bertz CT molecular complexity index is 1290. The van der Waals surface area contributed by atoms with Crippen LogP contribution in [0.2, 0.25) is 0 Å². The minimum absolute atomic E-state index is 0.652. The summed E-state index contributed by atoms with van der Waals surface area (Å²) >= 11 is 0. The van der Waals surface area contributed by atoms with Crippen molar-refractivity contribution in [3.8, 4) is 0 Å². The molecule has 8 rings (SSSR count). The van der Waals surface area contributed by atoms with Crippen molar-refractivity contribution in [2.75, 3.05) is 0 Å². The van der Waals surface area contributed by atoms with Gasteiger partial charge in [-0.2, -0.15) is 0 Å². The van der Waals surface area contributed by atoms with E-state index in [0.717, 1.165) is 35.5 Å². The highest BCUT2D eigenvalue weighted by Crippen LogP contribution is 2.57. The molecule has 8 aliphatic rings. The Hall–Kier alpha value is -2.28. The molecule has 0 spiro atoms. The van der Waals surface area contributed by atoms with Crippen molar-refractivity contribution in [3.05, 3.63) is 94.3 Å².